The lowest BCUT2D eigenvalue weighted by molar-refractivity contribution is -0.384. The Hall–Kier alpha value is -2.62. The second kappa shape index (κ2) is 5.57. The smallest absolute Gasteiger partial charge is 0.310 e. The maximum absolute atomic E-state index is 11.2. The Morgan fingerprint density at radius 3 is 2.90 bits per heavy atom. The lowest BCUT2D eigenvalue weighted by Gasteiger charge is -2.32. The number of nitro benzene ring substituents is 1. The van der Waals surface area contributed by atoms with Crippen molar-refractivity contribution in [1.82, 2.24) is 0 Å². The van der Waals surface area contributed by atoms with Gasteiger partial charge in [0.25, 0.3) is 0 Å². The van der Waals surface area contributed by atoms with E-state index in [0.29, 0.717) is 25.1 Å². The van der Waals surface area contributed by atoms with Crippen molar-refractivity contribution in [2.45, 2.75) is 12.8 Å². The van der Waals surface area contributed by atoms with E-state index in [9.17, 15) is 14.9 Å². The van der Waals surface area contributed by atoms with E-state index in [1.807, 2.05) is 0 Å². The number of nitrogens with zero attached hydrogens (tertiary/aromatic N) is 3. The lowest BCUT2D eigenvalue weighted by atomic mass is 9.97. The van der Waals surface area contributed by atoms with Gasteiger partial charge in [0.2, 0.25) is 0 Å². The molecule has 7 nitrogen and oxygen atoms in total. The van der Waals surface area contributed by atoms with E-state index in [1.54, 1.807) is 23.1 Å². The Morgan fingerprint density at radius 2 is 2.30 bits per heavy atom. The standard InChI is InChI=1S/C13H13N3O4/c14-7-9-3-1-5-11(12(9)16(19)20)15-6-2-4-10(8-15)13(17)18/h1,3,5,10H,2,4,6,8H2,(H,17,18). The number of carboxylic acids is 1. The van der Waals surface area contributed by atoms with Crippen molar-refractivity contribution < 1.29 is 14.8 Å². The molecule has 1 fully saturated rings. The first kappa shape index (κ1) is 13.8. The topological polar surface area (TPSA) is 107 Å². The average molecular weight is 275 g/mol. The van der Waals surface area contributed by atoms with Crippen LogP contribution in [0.5, 0.6) is 0 Å². The van der Waals surface area contributed by atoms with Gasteiger partial charge < -0.3 is 10.0 Å². The van der Waals surface area contributed by atoms with Crippen molar-refractivity contribution in [3.8, 4) is 6.07 Å². The van der Waals surface area contributed by atoms with Gasteiger partial charge in [-0.25, -0.2) is 0 Å². The molecule has 1 N–H and O–H groups in total. The third-order valence-corrected chi connectivity index (χ3v) is 3.43. The number of para-hydroxylation sites is 1. The Balaban J connectivity index is 2.40. The largest absolute Gasteiger partial charge is 0.481 e. The number of rotatable bonds is 3. The van der Waals surface area contributed by atoms with E-state index >= 15 is 0 Å². The minimum Gasteiger partial charge on any atom is -0.481 e. The number of benzene rings is 1. The molecular formula is C13H13N3O4. The fourth-order valence-corrected chi connectivity index (χ4v) is 2.47. The van der Waals surface area contributed by atoms with Gasteiger partial charge >= 0.3 is 11.7 Å². The zero-order valence-corrected chi connectivity index (χ0v) is 10.7. The van der Waals surface area contributed by atoms with E-state index in [1.165, 1.54) is 6.07 Å². The highest BCUT2D eigenvalue weighted by atomic mass is 16.6. The molecule has 0 spiro atoms. The molecule has 0 saturated carbocycles. The molecule has 1 aromatic rings. The van der Waals surface area contributed by atoms with Gasteiger partial charge in [0.05, 0.1) is 10.8 Å². The second-order valence-corrected chi connectivity index (χ2v) is 4.67. The molecule has 0 radical (unpaired) electrons. The number of carbonyl (C=O) groups is 1. The summed E-state index contributed by atoms with van der Waals surface area (Å²) in [6.07, 6.45) is 1.22. The second-order valence-electron chi connectivity index (χ2n) is 4.67. The van der Waals surface area contributed by atoms with Crippen LogP contribution in [0.2, 0.25) is 0 Å². The molecule has 0 bridgehead atoms. The first-order chi connectivity index (χ1) is 9.54. The molecule has 1 saturated heterocycles. The minimum absolute atomic E-state index is 0.00931. The van der Waals surface area contributed by atoms with E-state index in [4.69, 9.17) is 10.4 Å². The van der Waals surface area contributed by atoms with Gasteiger partial charge in [-0.1, -0.05) is 6.07 Å². The number of aliphatic carboxylic acids is 1. The van der Waals surface area contributed by atoms with Crippen molar-refractivity contribution in [3.63, 3.8) is 0 Å². The highest BCUT2D eigenvalue weighted by Gasteiger charge is 2.30. The summed E-state index contributed by atoms with van der Waals surface area (Å²) >= 11 is 0. The molecule has 1 aromatic carbocycles. The maximum Gasteiger partial charge on any atom is 0.310 e. The molecule has 0 amide bonds. The highest BCUT2D eigenvalue weighted by Crippen LogP contribution is 2.34. The molecule has 1 aliphatic rings. The summed E-state index contributed by atoms with van der Waals surface area (Å²) < 4.78 is 0. The molecule has 1 aliphatic heterocycles. The summed E-state index contributed by atoms with van der Waals surface area (Å²) in [5.74, 6) is -1.43. The van der Waals surface area contributed by atoms with E-state index in [2.05, 4.69) is 0 Å². The van der Waals surface area contributed by atoms with Crippen LogP contribution in [-0.4, -0.2) is 29.1 Å². The Bertz CT molecular complexity index is 594. The summed E-state index contributed by atoms with van der Waals surface area (Å²) in [6.45, 7) is 0.782. The Morgan fingerprint density at radius 1 is 1.55 bits per heavy atom. The fourth-order valence-electron chi connectivity index (χ4n) is 2.47. The number of nitro groups is 1. The molecule has 1 unspecified atom stereocenters. The number of hydrogen-bond acceptors (Lipinski definition) is 5. The molecule has 0 aromatic heterocycles. The minimum atomic E-state index is -0.895. The monoisotopic (exact) mass is 275 g/mol. The predicted molar refractivity (Wildman–Crippen MR) is 70.4 cm³/mol. The zero-order chi connectivity index (χ0) is 14.7. The summed E-state index contributed by atoms with van der Waals surface area (Å²) in [7, 11) is 0. The third-order valence-electron chi connectivity index (χ3n) is 3.43. The molecule has 1 atom stereocenters. The SMILES string of the molecule is N#Cc1cccc(N2CCCC(C(=O)O)C2)c1[N+](=O)[O-]. The van der Waals surface area contributed by atoms with Crippen LogP contribution in [0.3, 0.4) is 0 Å². The van der Waals surface area contributed by atoms with E-state index < -0.39 is 16.8 Å². The number of nitriles is 1. The quantitative estimate of drug-likeness (QED) is 0.665. The van der Waals surface area contributed by atoms with Gasteiger partial charge in [-0.2, -0.15) is 5.26 Å². The average Bonchev–Trinajstić information content (AvgIpc) is 2.46. The van der Waals surface area contributed by atoms with Gasteiger partial charge in [-0.3, -0.25) is 14.9 Å². The zero-order valence-electron chi connectivity index (χ0n) is 10.7. The number of hydrogen-bond donors (Lipinski definition) is 1. The van der Waals surface area contributed by atoms with Crippen LogP contribution in [0.15, 0.2) is 18.2 Å². The van der Waals surface area contributed by atoms with Crippen molar-refractivity contribution >= 4 is 17.3 Å². The summed E-state index contributed by atoms with van der Waals surface area (Å²) in [4.78, 5) is 23.3. The van der Waals surface area contributed by atoms with Crippen molar-refractivity contribution in [2.24, 2.45) is 5.92 Å². The maximum atomic E-state index is 11.2. The van der Waals surface area contributed by atoms with Crippen LogP contribution in [0.4, 0.5) is 11.4 Å². The van der Waals surface area contributed by atoms with E-state index in [-0.39, 0.29) is 17.8 Å². The van der Waals surface area contributed by atoms with Crippen molar-refractivity contribution in [2.75, 3.05) is 18.0 Å². The van der Waals surface area contributed by atoms with Gasteiger partial charge in [0.15, 0.2) is 0 Å². The van der Waals surface area contributed by atoms with Gasteiger partial charge in [0.1, 0.15) is 17.3 Å². The van der Waals surface area contributed by atoms with E-state index in [0.717, 1.165) is 0 Å². The predicted octanol–water partition coefficient (Wildman–Crippen LogP) is 1.77. The van der Waals surface area contributed by atoms with Crippen LogP contribution in [0.25, 0.3) is 0 Å². The summed E-state index contributed by atoms with van der Waals surface area (Å²) in [6, 6.07) is 6.33. The molecular weight excluding hydrogens is 262 g/mol. The number of anilines is 1. The van der Waals surface area contributed by atoms with Crippen LogP contribution >= 0.6 is 0 Å². The van der Waals surface area contributed by atoms with Crippen molar-refractivity contribution in [3.05, 3.63) is 33.9 Å². The molecule has 0 aliphatic carbocycles. The first-order valence-corrected chi connectivity index (χ1v) is 6.20. The number of carboxylic acid groups (broad SMARTS) is 1. The molecule has 2 rings (SSSR count). The highest BCUT2D eigenvalue weighted by molar-refractivity contribution is 5.74. The Labute approximate surface area is 115 Å². The summed E-state index contributed by atoms with van der Waals surface area (Å²) in [5, 5.41) is 29.2. The normalized spacial score (nSPS) is 18.4. The molecule has 104 valence electrons. The molecule has 20 heavy (non-hydrogen) atoms. The van der Waals surface area contributed by atoms with Gasteiger partial charge in [0, 0.05) is 13.1 Å². The van der Waals surface area contributed by atoms with Crippen LogP contribution in [0, 0.1) is 27.4 Å². The first-order valence-electron chi connectivity index (χ1n) is 6.20. The molecule has 7 heteroatoms. The van der Waals surface area contributed by atoms with Crippen LogP contribution in [-0.2, 0) is 4.79 Å². The summed E-state index contributed by atoms with van der Waals surface area (Å²) in [5.41, 5.74) is 0.0611. The van der Waals surface area contributed by atoms with Crippen LogP contribution in [0.1, 0.15) is 18.4 Å². The van der Waals surface area contributed by atoms with Crippen LogP contribution < -0.4 is 4.90 Å². The van der Waals surface area contributed by atoms with Gasteiger partial charge in [-0.15, -0.1) is 0 Å². The van der Waals surface area contributed by atoms with Gasteiger partial charge in [-0.05, 0) is 25.0 Å². The van der Waals surface area contributed by atoms with Crippen molar-refractivity contribution in [1.29, 1.82) is 5.26 Å². The Kier molecular flexibility index (Phi) is 3.84. The number of piperidine rings is 1. The lowest BCUT2D eigenvalue weighted by Crippen LogP contribution is -2.39. The fraction of sp³-hybridized carbons (Fsp3) is 0.385. The molecule has 1 heterocycles. The third kappa shape index (κ3) is 2.54.